The van der Waals surface area contributed by atoms with Gasteiger partial charge in [0, 0.05) is 19.7 Å². The van der Waals surface area contributed by atoms with E-state index in [9.17, 15) is 19.5 Å². The molecule has 0 saturated carbocycles. The van der Waals surface area contributed by atoms with Crippen LogP contribution in [0.15, 0.2) is 43.5 Å². The maximum Gasteiger partial charge on any atom is 0.312 e. The van der Waals surface area contributed by atoms with Crippen LogP contribution >= 0.6 is 11.6 Å². The molecule has 3 saturated heterocycles. The fourth-order valence-electron chi connectivity index (χ4n) is 6.73. The standard InChI is InChI=1S/C30H39ClN2O6/c1-5-7-8-9-19-38-28(37)23-22-26(35)33(17-11-18-34)25(30(22)15-14-29(23,4)39-30)27(36)32(16-6-2)24-20(3)12-10-13-21(24)31/h5-6,10,12-13,22-23,25,34H,1-2,7-9,11,14-19H2,3-4H3/t22-,23-,25?,29+,30?/m0/s1. The zero-order chi connectivity index (χ0) is 28.4. The first kappa shape index (κ1) is 29.3. The summed E-state index contributed by atoms with van der Waals surface area (Å²) in [6.07, 6.45) is 7.10. The highest BCUT2D eigenvalue weighted by molar-refractivity contribution is 6.34. The molecule has 212 valence electrons. The number of hydrogen-bond donors (Lipinski definition) is 1. The Kier molecular flexibility index (Phi) is 8.88. The molecule has 5 atom stereocenters. The fourth-order valence-corrected chi connectivity index (χ4v) is 7.05. The number of carbonyl (C=O) groups is 3. The van der Waals surface area contributed by atoms with Crippen molar-refractivity contribution in [3.05, 3.63) is 54.1 Å². The lowest BCUT2D eigenvalue weighted by atomic mass is 9.66. The predicted octanol–water partition coefficient (Wildman–Crippen LogP) is 4.21. The number of hydrogen-bond acceptors (Lipinski definition) is 6. The van der Waals surface area contributed by atoms with E-state index in [-0.39, 0.29) is 38.1 Å². The molecule has 1 N–H and O–H groups in total. The van der Waals surface area contributed by atoms with Gasteiger partial charge in [0.1, 0.15) is 17.6 Å². The molecule has 4 rings (SSSR count). The van der Waals surface area contributed by atoms with E-state index in [4.69, 9.17) is 21.1 Å². The van der Waals surface area contributed by atoms with Crippen LogP contribution in [0.4, 0.5) is 5.69 Å². The highest BCUT2D eigenvalue weighted by Crippen LogP contribution is 2.63. The second-order valence-electron chi connectivity index (χ2n) is 10.9. The van der Waals surface area contributed by atoms with E-state index in [1.54, 1.807) is 17.0 Å². The smallest absolute Gasteiger partial charge is 0.312 e. The minimum Gasteiger partial charge on any atom is -0.465 e. The highest BCUT2D eigenvalue weighted by atomic mass is 35.5. The summed E-state index contributed by atoms with van der Waals surface area (Å²) in [5.74, 6) is -2.78. The minimum atomic E-state index is -1.18. The van der Waals surface area contributed by atoms with E-state index >= 15 is 0 Å². The minimum absolute atomic E-state index is 0.142. The van der Waals surface area contributed by atoms with Gasteiger partial charge in [-0.3, -0.25) is 14.4 Å². The Morgan fingerprint density at radius 2 is 2.03 bits per heavy atom. The average molecular weight is 559 g/mol. The van der Waals surface area contributed by atoms with E-state index in [1.165, 1.54) is 4.90 Å². The van der Waals surface area contributed by atoms with Crippen LogP contribution in [0.25, 0.3) is 0 Å². The number of aliphatic hydroxyl groups is 1. The number of rotatable bonds is 13. The van der Waals surface area contributed by atoms with Gasteiger partial charge >= 0.3 is 5.97 Å². The van der Waals surface area contributed by atoms with Crippen molar-refractivity contribution in [2.45, 2.75) is 69.6 Å². The molecule has 1 aromatic carbocycles. The van der Waals surface area contributed by atoms with Gasteiger partial charge in [0.15, 0.2) is 0 Å². The van der Waals surface area contributed by atoms with Crippen molar-refractivity contribution >= 4 is 35.1 Å². The van der Waals surface area contributed by atoms with E-state index in [0.717, 1.165) is 18.4 Å². The van der Waals surface area contributed by atoms with E-state index < -0.39 is 35.0 Å². The van der Waals surface area contributed by atoms with Gasteiger partial charge in [-0.05, 0) is 64.0 Å². The van der Waals surface area contributed by atoms with E-state index in [0.29, 0.717) is 36.4 Å². The number of carbonyl (C=O) groups excluding carboxylic acids is 3. The summed E-state index contributed by atoms with van der Waals surface area (Å²) in [5.41, 5.74) is -0.740. The number of esters is 1. The molecule has 0 aliphatic carbocycles. The Morgan fingerprint density at radius 1 is 1.26 bits per heavy atom. The third kappa shape index (κ3) is 5.03. The summed E-state index contributed by atoms with van der Waals surface area (Å²) in [4.78, 5) is 45.0. The molecule has 9 heteroatoms. The van der Waals surface area contributed by atoms with Gasteiger partial charge < -0.3 is 24.4 Å². The molecule has 3 aliphatic heterocycles. The molecule has 0 aromatic heterocycles. The van der Waals surface area contributed by atoms with Crippen LogP contribution in [0.2, 0.25) is 5.02 Å². The molecule has 3 heterocycles. The van der Waals surface area contributed by atoms with Crippen molar-refractivity contribution in [2.24, 2.45) is 11.8 Å². The first-order valence-corrected chi connectivity index (χ1v) is 14.1. The Balaban J connectivity index is 1.72. The van der Waals surface area contributed by atoms with Crippen LogP contribution in [0.5, 0.6) is 0 Å². The molecule has 3 fully saturated rings. The van der Waals surface area contributed by atoms with Crippen LogP contribution in [-0.4, -0.2) is 71.3 Å². The van der Waals surface area contributed by atoms with E-state index in [2.05, 4.69) is 13.2 Å². The molecule has 2 bridgehead atoms. The molecular formula is C30H39ClN2O6. The fraction of sp³-hybridized carbons (Fsp3) is 0.567. The number of likely N-dealkylation sites (tertiary alicyclic amines) is 1. The van der Waals surface area contributed by atoms with Gasteiger partial charge in [0.05, 0.1) is 28.8 Å². The van der Waals surface area contributed by atoms with Gasteiger partial charge in [0.2, 0.25) is 5.91 Å². The highest BCUT2D eigenvalue weighted by Gasteiger charge is 2.78. The first-order chi connectivity index (χ1) is 18.7. The second-order valence-corrected chi connectivity index (χ2v) is 11.3. The number of aliphatic hydroxyl groups excluding tert-OH is 1. The Hall–Kier alpha value is -2.68. The SMILES string of the molecule is C=CCCCCOC(=O)[C@@H]1[C@H]2C(=O)N(CCCO)C(C(=O)N(CC=C)c3c(C)cccc3Cl)C23CC[C@@]1(C)O3. The van der Waals surface area contributed by atoms with Gasteiger partial charge in [-0.2, -0.15) is 0 Å². The number of unbranched alkanes of at least 4 members (excludes halogenated alkanes) is 2. The lowest BCUT2D eigenvalue weighted by Gasteiger charge is -2.37. The number of amides is 2. The summed E-state index contributed by atoms with van der Waals surface area (Å²) >= 11 is 6.57. The predicted molar refractivity (Wildman–Crippen MR) is 149 cm³/mol. The van der Waals surface area contributed by atoms with Crippen LogP contribution in [-0.2, 0) is 23.9 Å². The topological polar surface area (TPSA) is 96.4 Å². The number of fused-ring (bicyclic) bond motifs is 1. The van der Waals surface area contributed by atoms with Gasteiger partial charge in [0.25, 0.3) is 5.91 Å². The molecule has 2 unspecified atom stereocenters. The number of anilines is 1. The van der Waals surface area contributed by atoms with Gasteiger partial charge in [-0.15, -0.1) is 13.2 Å². The largest absolute Gasteiger partial charge is 0.465 e. The van der Waals surface area contributed by atoms with Crippen molar-refractivity contribution in [1.82, 2.24) is 4.90 Å². The summed E-state index contributed by atoms with van der Waals surface area (Å²) in [5, 5.41) is 9.99. The third-order valence-corrected chi connectivity index (χ3v) is 8.71. The number of benzene rings is 1. The number of halogens is 1. The van der Waals surface area contributed by atoms with Crippen molar-refractivity contribution in [2.75, 3.05) is 31.2 Å². The van der Waals surface area contributed by atoms with Crippen LogP contribution < -0.4 is 4.90 Å². The Bertz CT molecular complexity index is 1120. The van der Waals surface area contributed by atoms with Crippen LogP contribution in [0, 0.1) is 18.8 Å². The molecule has 39 heavy (non-hydrogen) atoms. The number of ether oxygens (including phenoxy) is 2. The molecule has 0 radical (unpaired) electrons. The Labute approximate surface area is 235 Å². The number of nitrogens with zero attached hydrogens (tertiary/aromatic N) is 2. The van der Waals surface area contributed by atoms with Crippen molar-refractivity contribution in [1.29, 1.82) is 0 Å². The number of aryl methyl sites for hydroxylation is 1. The normalized spacial score (nSPS) is 28.9. The van der Waals surface area contributed by atoms with Crippen molar-refractivity contribution in [3.8, 4) is 0 Å². The molecule has 2 amide bonds. The number of allylic oxidation sites excluding steroid dienone is 1. The molecule has 1 spiro atoms. The van der Waals surface area contributed by atoms with Gasteiger partial charge in [-0.1, -0.05) is 35.9 Å². The summed E-state index contributed by atoms with van der Waals surface area (Å²) in [6.45, 7) is 11.7. The zero-order valence-corrected chi connectivity index (χ0v) is 23.6. The van der Waals surface area contributed by atoms with Crippen molar-refractivity contribution in [3.63, 3.8) is 0 Å². The van der Waals surface area contributed by atoms with E-state index in [1.807, 2.05) is 32.1 Å². The van der Waals surface area contributed by atoms with Gasteiger partial charge in [-0.25, -0.2) is 0 Å². The summed E-state index contributed by atoms with van der Waals surface area (Å²) < 4.78 is 12.3. The van der Waals surface area contributed by atoms with Crippen LogP contribution in [0.1, 0.15) is 51.0 Å². The maximum atomic E-state index is 14.5. The third-order valence-electron chi connectivity index (χ3n) is 8.40. The molecule has 8 nitrogen and oxygen atoms in total. The Morgan fingerprint density at radius 3 is 2.69 bits per heavy atom. The molecule has 1 aromatic rings. The summed E-state index contributed by atoms with van der Waals surface area (Å²) in [6, 6.07) is 4.42. The quantitative estimate of drug-likeness (QED) is 0.221. The molecule has 3 aliphatic rings. The van der Waals surface area contributed by atoms with Crippen LogP contribution in [0.3, 0.4) is 0 Å². The molecular weight excluding hydrogens is 520 g/mol. The average Bonchev–Trinajstić information content (AvgIpc) is 3.46. The lowest BCUT2D eigenvalue weighted by Crippen LogP contribution is -2.56. The lowest BCUT2D eigenvalue weighted by molar-refractivity contribution is -0.159. The number of para-hydroxylation sites is 1. The van der Waals surface area contributed by atoms with Crippen molar-refractivity contribution < 1.29 is 29.0 Å². The first-order valence-electron chi connectivity index (χ1n) is 13.7. The summed E-state index contributed by atoms with van der Waals surface area (Å²) in [7, 11) is 0. The maximum absolute atomic E-state index is 14.5. The second kappa shape index (κ2) is 11.8. The zero-order valence-electron chi connectivity index (χ0n) is 22.9. The monoisotopic (exact) mass is 558 g/mol.